The smallest absolute Gasteiger partial charge is 0.422 e. The molecule has 1 saturated heterocycles. The molecule has 0 N–H and O–H groups in total. The molecule has 1 amide bonds. The van der Waals surface area contributed by atoms with Crippen LogP contribution in [0.3, 0.4) is 0 Å². The van der Waals surface area contributed by atoms with E-state index in [1.54, 1.807) is 17.0 Å². The largest absolute Gasteiger partial charge is 0.491 e. The van der Waals surface area contributed by atoms with Gasteiger partial charge in [-0.05, 0) is 30.3 Å². The number of ether oxygens (including phenoxy) is 4. The summed E-state index contributed by atoms with van der Waals surface area (Å²) in [6.07, 6.45) is -4.09. The fourth-order valence-corrected chi connectivity index (χ4v) is 3.17. The average molecular weight is 496 g/mol. The Morgan fingerprint density at radius 1 is 1.09 bits per heavy atom. The van der Waals surface area contributed by atoms with Crippen LogP contribution in [-0.2, 0) is 14.3 Å². The zero-order valence-corrected chi connectivity index (χ0v) is 18.7. The highest BCUT2D eigenvalue weighted by Gasteiger charge is 2.29. The lowest BCUT2D eigenvalue weighted by atomic mass is 10.1. The van der Waals surface area contributed by atoms with Crippen LogP contribution in [0, 0.1) is 0 Å². The molecule has 1 unspecified atom stereocenters. The summed E-state index contributed by atoms with van der Waals surface area (Å²) < 4.78 is 57.1. The van der Waals surface area contributed by atoms with E-state index in [0.29, 0.717) is 17.9 Å². The van der Waals surface area contributed by atoms with Crippen molar-refractivity contribution < 1.29 is 46.5 Å². The maximum atomic E-state index is 12.8. The second-order valence-electron chi connectivity index (χ2n) is 7.54. The van der Waals surface area contributed by atoms with Crippen molar-refractivity contribution in [2.24, 2.45) is 0 Å². The van der Waals surface area contributed by atoms with Gasteiger partial charge in [0.1, 0.15) is 24.9 Å². The number of morpholine rings is 1. The molecule has 1 aromatic carbocycles. The zero-order chi connectivity index (χ0) is 25.4. The Morgan fingerprint density at radius 2 is 1.80 bits per heavy atom. The van der Waals surface area contributed by atoms with Gasteiger partial charge in [0.05, 0.1) is 25.8 Å². The summed E-state index contributed by atoms with van der Waals surface area (Å²) in [6, 6.07) is 8.81. The number of carbonyl (C=O) groups is 3. The number of esters is 1. The van der Waals surface area contributed by atoms with Crippen LogP contribution in [0.25, 0.3) is 0 Å². The second-order valence-corrected chi connectivity index (χ2v) is 7.54. The van der Waals surface area contributed by atoms with Crippen molar-refractivity contribution in [2.75, 3.05) is 40.0 Å². The Balaban J connectivity index is 1.49. The molecule has 1 aliphatic rings. The molecule has 1 aromatic heterocycles. The van der Waals surface area contributed by atoms with Gasteiger partial charge in [-0.15, -0.1) is 0 Å². The molecule has 1 atom stereocenters. The molecular formula is C23H23F3N2O7. The number of ketones is 1. The standard InChI is InChI=1S/C23H23F3N2O7/c1-32-21(30)10-19(29)15-2-5-17(6-3-15)34-13-18-12-28(8-9-33-18)22(31)16-4-7-20(27-11-16)35-14-23(24,25)26/h2-7,11,18H,8-10,12-14H2,1H3. The number of nitrogens with zero attached hydrogens (tertiary/aromatic N) is 2. The topological polar surface area (TPSA) is 104 Å². The Morgan fingerprint density at radius 3 is 2.43 bits per heavy atom. The third kappa shape index (κ3) is 7.95. The Labute approximate surface area is 198 Å². The number of carbonyl (C=O) groups excluding carboxylic acids is 3. The first kappa shape index (κ1) is 25.9. The maximum Gasteiger partial charge on any atom is 0.422 e. The first-order chi connectivity index (χ1) is 16.6. The van der Waals surface area contributed by atoms with Gasteiger partial charge in [-0.3, -0.25) is 14.4 Å². The fraction of sp³-hybridized carbons (Fsp3) is 0.391. The van der Waals surface area contributed by atoms with Gasteiger partial charge in [-0.2, -0.15) is 13.2 Å². The highest BCUT2D eigenvalue weighted by Crippen LogP contribution is 2.19. The van der Waals surface area contributed by atoms with Crippen LogP contribution in [0.1, 0.15) is 27.1 Å². The molecular weight excluding hydrogens is 473 g/mol. The fourth-order valence-electron chi connectivity index (χ4n) is 3.17. The maximum absolute atomic E-state index is 12.8. The Bertz CT molecular complexity index is 1030. The molecule has 1 fully saturated rings. The molecule has 0 saturated carbocycles. The van der Waals surface area contributed by atoms with Gasteiger partial charge in [-0.25, -0.2) is 4.98 Å². The van der Waals surface area contributed by atoms with E-state index in [2.05, 4.69) is 14.5 Å². The van der Waals surface area contributed by atoms with Crippen molar-refractivity contribution >= 4 is 17.7 Å². The van der Waals surface area contributed by atoms with E-state index in [0.717, 1.165) is 6.20 Å². The molecule has 2 aromatic rings. The minimum atomic E-state index is -4.48. The van der Waals surface area contributed by atoms with Crippen molar-refractivity contribution in [1.29, 1.82) is 0 Å². The quantitative estimate of drug-likeness (QED) is 0.297. The summed E-state index contributed by atoms with van der Waals surface area (Å²) in [4.78, 5) is 41.3. The van der Waals surface area contributed by atoms with Crippen LogP contribution in [0.5, 0.6) is 11.6 Å². The van der Waals surface area contributed by atoms with Crippen molar-refractivity contribution in [3.63, 3.8) is 0 Å². The molecule has 2 heterocycles. The summed E-state index contributed by atoms with van der Waals surface area (Å²) >= 11 is 0. The van der Waals surface area contributed by atoms with Gasteiger partial charge in [0.15, 0.2) is 12.4 Å². The van der Waals surface area contributed by atoms with E-state index in [-0.39, 0.29) is 49.3 Å². The van der Waals surface area contributed by atoms with Crippen molar-refractivity contribution in [1.82, 2.24) is 9.88 Å². The lowest BCUT2D eigenvalue weighted by Gasteiger charge is -2.32. The number of hydrogen-bond donors (Lipinski definition) is 0. The number of alkyl halides is 3. The zero-order valence-electron chi connectivity index (χ0n) is 18.7. The minimum absolute atomic E-state index is 0.141. The van der Waals surface area contributed by atoms with Gasteiger partial charge < -0.3 is 23.8 Å². The molecule has 0 radical (unpaired) electrons. The summed E-state index contributed by atoms with van der Waals surface area (Å²) in [6.45, 7) is -0.479. The van der Waals surface area contributed by atoms with Crippen LogP contribution in [0.2, 0.25) is 0 Å². The van der Waals surface area contributed by atoms with Crippen LogP contribution >= 0.6 is 0 Å². The molecule has 0 aliphatic carbocycles. The van der Waals surface area contributed by atoms with E-state index in [1.165, 1.54) is 31.4 Å². The van der Waals surface area contributed by atoms with Gasteiger partial charge in [-0.1, -0.05) is 0 Å². The number of aromatic nitrogens is 1. The van der Waals surface area contributed by atoms with Crippen molar-refractivity contribution in [2.45, 2.75) is 18.7 Å². The molecule has 9 nitrogen and oxygen atoms in total. The number of benzene rings is 1. The van der Waals surface area contributed by atoms with E-state index in [4.69, 9.17) is 9.47 Å². The molecule has 0 spiro atoms. The SMILES string of the molecule is COC(=O)CC(=O)c1ccc(OCC2CN(C(=O)c3ccc(OCC(F)(F)F)nc3)CCO2)cc1. The predicted molar refractivity (Wildman–Crippen MR) is 114 cm³/mol. The van der Waals surface area contributed by atoms with Crippen molar-refractivity contribution in [3.05, 3.63) is 53.7 Å². The van der Waals surface area contributed by atoms with E-state index in [1.807, 2.05) is 0 Å². The molecule has 0 bridgehead atoms. The summed E-state index contributed by atoms with van der Waals surface area (Å²) in [5.41, 5.74) is 0.551. The summed E-state index contributed by atoms with van der Waals surface area (Å²) in [5, 5.41) is 0. The number of amides is 1. The number of pyridine rings is 1. The van der Waals surface area contributed by atoms with Crippen molar-refractivity contribution in [3.8, 4) is 11.6 Å². The summed E-state index contributed by atoms with van der Waals surface area (Å²) in [7, 11) is 1.21. The Kier molecular flexibility index (Phi) is 8.63. The average Bonchev–Trinajstić information content (AvgIpc) is 2.86. The second kappa shape index (κ2) is 11.6. The predicted octanol–water partition coefficient (Wildman–Crippen LogP) is 2.69. The van der Waals surface area contributed by atoms with Gasteiger partial charge in [0.2, 0.25) is 5.88 Å². The molecule has 1 aliphatic heterocycles. The van der Waals surface area contributed by atoms with Crippen LogP contribution in [0.4, 0.5) is 13.2 Å². The highest BCUT2D eigenvalue weighted by molar-refractivity contribution is 6.05. The highest BCUT2D eigenvalue weighted by atomic mass is 19.4. The minimum Gasteiger partial charge on any atom is -0.491 e. The van der Waals surface area contributed by atoms with E-state index >= 15 is 0 Å². The van der Waals surface area contributed by atoms with Crippen LogP contribution in [-0.4, -0.2) is 79.8 Å². The number of halogens is 3. The molecule has 35 heavy (non-hydrogen) atoms. The number of Topliss-reactive ketones (excluding diaryl/α,β-unsaturated/α-hetero) is 1. The molecule has 12 heteroatoms. The van der Waals surface area contributed by atoms with E-state index in [9.17, 15) is 27.6 Å². The van der Waals surface area contributed by atoms with Crippen LogP contribution in [0.15, 0.2) is 42.6 Å². The monoisotopic (exact) mass is 496 g/mol. The molecule has 188 valence electrons. The lowest BCUT2D eigenvalue weighted by molar-refractivity contribution is -0.154. The lowest BCUT2D eigenvalue weighted by Crippen LogP contribution is -2.47. The number of hydrogen-bond acceptors (Lipinski definition) is 8. The summed E-state index contributed by atoms with van der Waals surface area (Å²) in [5.74, 6) is -1.09. The normalized spacial score (nSPS) is 15.9. The first-order valence-corrected chi connectivity index (χ1v) is 10.5. The number of methoxy groups -OCH3 is 1. The Hall–Kier alpha value is -3.67. The first-order valence-electron chi connectivity index (χ1n) is 10.5. The van der Waals surface area contributed by atoms with Gasteiger partial charge >= 0.3 is 12.1 Å². The number of rotatable bonds is 9. The van der Waals surface area contributed by atoms with Gasteiger partial charge in [0.25, 0.3) is 5.91 Å². The van der Waals surface area contributed by atoms with E-state index < -0.39 is 24.9 Å². The van der Waals surface area contributed by atoms with Gasteiger partial charge in [0, 0.05) is 24.4 Å². The van der Waals surface area contributed by atoms with Crippen LogP contribution < -0.4 is 9.47 Å². The molecule has 3 rings (SSSR count). The third-order valence-corrected chi connectivity index (χ3v) is 4.94. The third-order valence-electron chi connectivity index (χ3n) is 4.94.